The lowest BCUT2D eigenvalue weighted by Crippen LogP contribution is -1.97. The van der Waals surface area contributed by atoms with Gasteiger partial charge in [0.15, 0.2) is 0 Å². The van der Waals surface area contributed by atoms with Crippen LogP contribution in [0.4, 0.5) is 17.1 Å². The van der Waals surface area contributed by atoms with E-state index in [2.05, 4.69) is 40.3 Å². The lowest BCUT2D eigenvalue weighted by Gasteiger charge is -2.12. The summed E-state index contributed by atoms with van der Waals surface area (Å²) in [7, 11) is 0. The molecule has 0 radical (unpaired) electrons. The molecule has 0 bridgehead atoms. The van der Waals surface area contributed by atoms with Crippen LogP contribution in [0.1, 0.15) is 11.1 Å². The quantitative estimate of drug-likeness (QED) is 0.805. The third-order valence-electron chi connectivity index (χ3n) is 2.60. The molecule has 0 saturated heterocycles. The predicted molar refractivity (Wildman–Crippen MR) is 77.8 cm³/mol. The van der Waals surface area contributed by atoms with Gasteiger partial charge >= 0.3 is 0 Å². The second-order valence-corrected chi connectivity index (χ2v) is 5.05. The summed E-state index contributed by atoms with van der Waals surface area (Å²) in [6, 6.07) is 12.2. The molecule has 17 heavy (non-hydrogen) atoms. The highest BCUT2D eigenvalue weighted by Gasteiger charge is 2.03. The van der Waals surface area contributed by atoms with E-state index in [1.165, 1.54) is 5.56 Å². The minimum Gasteiger partial charge on any atom is -0.397 e. The third kappa shape index (κ3) is 2.80. The first-order valence-corrected chi connectivity index (χ1v) is 6.25. The summed E-state index contributed by atoms with van der Waals surface area (Å²) in [5.74, 6) is 0. The van der Waals surface area contributed by atoms with Gasteiger partial charge < -0.3 is 11.1 Å². The molecule has 0 aliphatic rings. The zero-order chi connectivity index (χ0) is 12.4. The molecule has 0 heterocycles. The molecule has 0 fully saturated rings. The molecule has 3 heteroatoms. The molecule has 0 aliphatic carbocycles. The molecule has 0 amide bonds. The number of nitrogen functional groups attached to an aromatic ring is 1. The normalized spacial score (nSPS) is 10.3. The third-order valence-corrected chi connectivity index (χ3v) is 3.29. The number of hydrogen-bond donors (Lipinski definition) is 2. The second-order valence-electron chi connectivity index (χ2n) is 4.20. The highest BCUT2D eigenvalue weighted by atomic mass is 79.9. The summed E-state index contributed by atoms with van der Waals surface area (Å²) >= 11 is 3.52. The number of hydrogen-bond acceptors (Lipinski definition) is 2. The van der Waals surface area contributed by atoms with E-state index in [4.69, 9.17) is 5.73 Å². The minimum absolute atomic E-state index is 0.762. The average molecular weight is 291 g/mol. The highest BCUT2D eigenvalue weighted by molar-refractivity contribution is 9.10. The highest BCUT2D eigenvalue weighted by Crippen LogP contribution is 2.29. The zero-order valence-electron chi connectivity index (χ0n) is 9.92. The molecule has 3 N–H and O–H groups in total. The van der Waals surface area contributed by atoms with Crippen molar-refractivity contribution in [2.75, 3.05) is 11.1 Å². The van der Waals surface area contributed by atoms with Crippen molar-refractivity contribution in [3.63, 3.8) is 0 Å². The smallest absolute Gasteiger partial charge is 0.0618 e. The van der Waals surface area contributed by atoms with Gasteiger partial charge in [0.1, 0.15) is 0 Å². The minimum atomic E-state index is 0.762. The van der Waals surface area contributed by atoms with Gasteiger partial charge in [0.05, 0.1) is 17.1 Å². The topological polar surface area (TPSA) is 38.0 Å². The maximum absolute atomic E-state index is 5.98. The fourth-order valence-electron chi connectivity index (χ4n) is 1.68. The van der Waals surface area contributed by atoms with Crippen LogP contribution in [0.2, 0.25) is 0 Å². The summed E-state index contributed by atoms with van der Waals surface area (Å²) < 4.78 is 1.03. The van der Waals surface area contributed by atoms with E-state index in [1.54, 1.807) is 0 Å². The zero-order valence-corrected chi connectivity index (χ0v) is 11.5. The number of halogens is 1. The molecule has 2 aromatic rings. The first-order valence-electron chi connectivity index (χ1n) is 5.45. The van der Waals surface area contributed by atoms with Crippen LogP contribution in [0.25, 0.3) is 0 Å². The maximum Gasteiger partial charge on any atom is 0.0618 e. The van der Waals surface area contributed by atoms with Crippen LogP contribution in [0.5, 0.6) is 0 Å². The van der Waals surface area contributed by atoms with Crippen LogP contribution < -0.4 is 11.1 Å². The summed E-state index contributed by atoms with van der Waals surface area (Å²) in [4.78, 5) is 0. The Morgan fingerprint density at radius 3 is 2.29 bits per heavy atom. The van der Waals surface area contributed by atoms with Crippen molar-refractivity contribution in [3.8, 4) is 0 Å². The van der Waals surface area contributed by atoms with Crippen LogP contribution in [-0.2, 0) is 0 Å². The monoisotopic (exact) mass is 290 g/mol. The lowest BCUT2D eigenvalue weighted by molar-refractivity contribution is 1.42. The summed E-state index contributed by atoms with van der Waals surface area (Å²) in [5, 5.41) is 3.34. The number of anilines is 3. The molecular weight excluding hydrogens is 276 g/mol. The second kappa shape index (κ2) is 4.80. The number of rotatable bonds is 2. The fourth-order valence-corrected chi connectivity index (χ4v) is 2.02. The van der Waals surface area contributed by atoms with Crippen molar-refractivity contribution >= 4 is 33.0 Å². The summed E-state index contributed by atoms with van der Waals surface area (Å²) in [5.41, 5.74) is 11.1. The first-order chi connectivity index (χ1) is 8.06. The van der Waals surface area contributed by atoms with Gasteiger partial charge in [-0.1, -0.05) is 12.1 Å². The molecule has 0 aliphatic heterocycles. The van der Waals surface area contributed by atoms with Gasteiger partial charge in [0.2, 0.25) is 0 Å². The largest absolute Gasteiger partial charge is 0.397 e. The van der Waals surface area contributed by atoms with Gasteiger partial charge in [-0.05, 0) is 65.2 Å². The van der Waals surface area contributed by atoms with Gasteiger partial charge in [-0.15, -0.1) is 0 Å². The van der Waals surface area contributed by atoms with E-state index >= 15 is 0 Å². The van der Waals surface area contributed by atoms with Crippen LogP contribution in [0, 0.1) is 13.8 Å². The molecule has 88 valence electrons. The predicted octanol–water partition coefficient (Wildman–Crippen LogP) is 4.39. The average Bonchev–Trinajstić information content (AvgIpc) is 2.27. The Kier molecular flexibility index (Phi) is 3.38. The van der Waals surface area contributed by atoms with Crippen molar-refractivity contribution < 1.29 is 0 Å². The summed E-state index contributed by atoms with van der Waals surface area (Å²) in [6.45, 7) is 4.10. The Morgan fingerprint density at radius 2 is 1.59 bits per heavy atom. The molecule has 0 unspecified atom stereocenters. The van der Waals surface area contributed by atoms with Crippen LogP contribution in [-0.4, -0.2) is 0 Å². The van der Waals surface area contributed by atoms with Crippen molar-refractivity contribution in [3.05, 3.63) is 52.0 Å². The molecule has 0 atom stereocenters. The van der Waals surface area contributed by atoms with E-state index < -0.39 is 0 Å². The van der Waals surface area contributed by atoms with Crippen molar-refractivity contribution in [1.29, 1.82) is 0 Å². The van der Waals surface area contributed by atoms with Gasteiger partial charge in [-0.2, -0.15) is 0 Å². The van der Waals surface area contributed by atoms with Gasteiger partial charge in [0.25, 0.3) is 0 Å². The van der Waals surface area contributed by atoms with E-state index in [1.807, 2.05) is 31.2 Å². The standard InChI is InChI=1S/C14H15BrN2/c1-9-4-6-13(12(16)7-9)17-14-8-10(2)3-5-11(14)15/h3-8,17H,16H2,1-2H3. The molecule has 0 aromatic heterocycles. The Balaban J connectivity index is 2.34. The molecule has 0 saturated carbocycles. The maximum atomic E-state index is 5.98. The molecule has 2 aromatic carbocycles. The number of nitrogens with two attached hydrogens (primary N) is 1. The van der Waals surface area contributed by atoms with Gasteiger partial charge in [0, 0.05) is 4.47 Å². The Bertz CT molecular complexity index is 550. The number of benzene rings is 2. The fraction of sp³-hybridized carbons (Fsp3) is 0.143. The molecule has 0 spiro atoms. The lowest BCUT2D eigenvalue weighted by atomic mass is 10.1. The Morgan fingerprint density at radius 1 is 0.941 bits per heavy atom. The molecular formula is C14H15BrN2. The van der Waals surface area contributed by atoms with Crippen molar-refractivity contribution in [2.24, 2.45) is 0 Å². The van der Waals surface area contributed by atoms with Crippen LogP contribution in [0.15, 0.2) is 40.9 Å². The van der Waals surface area contributed by atoms with E-state index in [9.17, 15) is 0 Å². The summed E-state index contributed by atoms with van der Waals surface area (Å²) in [6.07, 6.45) is 0. The Labute approximate surface area is 110 Å². The van der Waals surface area contributed by atoms with Crippen molar-refractivity contribution in [2.45, 2.75) is 13.8 Å². The SMILES string of the molecule is Cc1ccc(Nc2cc(C)ccc2Br)c(N)c1. The van der Waals surface area contributed by atoms with Crippen LogP contribution >= 0.6 is 15.9 Å². The van der Waals surface area contributed by atoms with Gasteiger partial charge in [-0.25, -0.2) is 0 Å². The van der Waals surface area contributed by atoms with Crippen LogP contribution in [0.3, 0.4) is 0 Å². The van der Waals surface area contributed by atoms with E-state index in [0.717, 1.165) is 27.1 Å². The van der Waals surface area contributed by atoms with Crippen molar-refractivity contribution in [1.82, 2.24) is 0 Å². The van der Waals surface area contributed by atoms with E-state index in [0.29, 0.717) is 0 Å². The number of aryl methyl sites for hydroxylation is 2. The van der Waals surface area contributed by atoms with E-state index in [-0.39, 0.29) is 0 Å². The first kappa shape index (κ1) is 12.0. The number of nitrogens with one attached hydrogen (secondary N) is 1. The molecule has 2 nitrogen and oxygen atoms in total. The molecule has 2 rings (SSSR count). The Hall–Kier alpha value is -1.48. The van der Waals surface area contributed by atoms with Gasteiger partial charge in [-0.3, -0.25) is 0 Å².